The predicted molar refractivity (Wildman–Crippen MR) is 322 cm³/mol. The van der Waals surface area contributed by atoms with Crippen LogP contribution in [-0.4, -0.2) is 0 Å². The number of fused-ring (bicyclic) bond motifs is 18. The van der Waals surface area contributed by atoms with Crippen LogP contribution in [0, 0.1) is 0 Å². The molecule has 4 aliphatic rings. The van der Waals surface area contributed by atoms with E-state index in [2.05, 4.69) is 292 Å². The first-order chi connectivity index (χ1) is 37.7. The van der Waals surface area contributed by atoms with E-state index in [-0.39, 0.29) is 10.8 Å². The fourth-order valence-corrected chi connectivity index (χ4v) is 14.6. The second-order valence-corrected chi connectivity index (χ2v) is 22.8. The molecule has 0 amide bonds. The molecule has 1 spiro atoms. The molecule has 0 aliphatic heterocycles. The highest BCUT2D eigenvalue weighted by atomic mass is 15.1. The van der Waals surface area contributed by atoms with Crippen molar-refractivity contribution in [1.82, 2.24) is 0 Å². The third-order valence-electron chi connectivity index (χ3n) is 18.2. The average molecular weight is 983 g/mol. The summed E-state index contributed by atoms with van der Waals surface area (Å²) in [6.45, 7) is 9.48. The van der Waals surface area contributed by atoms with Gasteiger partial charge >= 0.3 is 0 Å². The predicted octanol–water partition coefficient (Wildman–Crippen LogP) is 19.9. The Hall–Kier alpha value is -9.24. The molecule has 0 saturated heterocycles. The van der Waals surface area contributed by atoms with Crippen LogP contribution in [0.1, 0.15) is 72.2 Å². The van der Waals surface area contributed by atoms with Crippen LogP contribution in [0.3, 0.4) is 0 Å². The van der Waals surface area contributed by atoms with Crippen molar-refractivity contribution in [1.29, 1.82) is 0 Å². The van der Waals surface area contributed by atoms with Gasteiger partial charge in [-0.3, -0.25) is 0 Å². The minimum atomic E-state index is -0.536. The number of benzene rings is 12. The van der Waals surface area contributed by atoms with Crippen LogP contribution in [0.15, 0.2) is 255 Å². The molecule has 0 heterocycles. The van der Waals surface area contributed by atoms with Gasteiger partial charge in [0, 0.05) is 45.0 Å². The summed E-state index contributed by atoms with van der Waals surface area (Å²) in [7, 11) is 0. The number of hydrogen-bond acceptors (Lipinski definition) is 2. The van der Waals surface area contributed by atoms with Crippen molar-refractivity contribution < 1.29 is 0 Å². The van der Waals surface area contributed by atoms with E-state index in [1.807, 2.05) is 0 Å². The summed E-state index contributed by atoms with van der Waals surface area (Å²) in [4.78, 5) is 4.89. The molecule has 4 aliphatic carbocycles. The van der Waals surface area contributed by atoms with Gasteiger partial charge in [0.2, 0.25) is 0 Å². The van der Waals surface area contributed by atoms with E-state index in [0.717, 1.165) is 34.1 Å². The summed E-state index contributed by atoms with van der Waals surface area (Å²) in [5.41, 5.74) is 27.4. The van der Waals surface area contributed by atoms with E-state index < -0.39 is 5.41 Å². The third-order valence-corrected chi connectivity index (χ3v) is 18.2. The number of para-hydroxylation sites is 2. The zero-order valence-electron chi connectivity index (χ0n) is 43.6. The Bertz CT molecular complexity index is 4180. The lowest BCUT2D eigenvalue weighted by atomic mass is 9.70. The molecular weight excluding hydrogens is 929 g/mol. The quantitative estimate of drug-likeness (QED) is 0.164. The molecule has 0 radical (unpaired) electrons. The summed E-state index contributed by atoms with van der Waals surface area (Å²) in [5, 5.41) is 4.89. The molecule has 12 aromatic carbocycles. The van der Waals surface area contributed by atoms with Crippen LogP contribution in [0.5, 0.6) is 0 Å². The van der Waals surface area contributed by atoms with E-state index in [9.17, 15) is 0 Å². The lowest BCUT2D eigenvalue weighted by Crippen LogP contribution is -2.25. The van der Waals surface area contributed by atoms with Crippen LogP contribution in [0.25, 0.3) is 66.1 Å². The van der Waals surface area contributed by atoms with Gasteiger partial charge in [0.05, 0.1) is 5.41 Å². The summed E-state index contributed by atoms with van der Waals surface area (Å²) >= 11 is 0. The first-order valence-electron chi connectivity index (χ1n) is 27.2. The molecule has 0 atom stereocenters. The van der Waals surface area contributed by atoms with Crippen LogP contribution in [0.4, 0.5) is 34.1 Å². The normalized spacial score (nSPS) is 14.8. The maximum Gasteiger partial charge on any atom is 0.0725 e. The van der Waals surface area contributed by atoms with E-state index in [0.29, 0.717) is 0 Å². The Morgan fingerprint density at radius 1 is 0.208 bits per heavy atom. The molecule has 0 aromatic heterocycles. The zero-order valence-corrected chi connectivity index (χ0v) is 43.6. The molecule has 2 nitrogen and oxygen atoms in total. The van der Waals surface area contributed by atoms with Crippen LogP contribution >= 0.6 is 0 Å². The summed E-state index contributed by atoms with van der Waals surface area (Å²) in [6.07, 6.45) is 0. The SMILES string of the molecule is CC1(C)c2ccccc2-c2ccc(N(c3ccccc3)c3ccc4cc5c(cc4c3)C3(c4ccccc4-c4ccccc43)c3cc4cc(N(c6ccccc6)c6ccc7c(c6)C(C)(C)c6ccccc6-7)ccc4cc3-5)cc21. The molecule has 77 heavy (non-hydrogen) atoms. The number of rotatable bonds is 6. The molecule has 0 bridgehead atoms. The standard InChI is InChI=1S/C75H54N2/c1-73(2)65-27-15-11-23-57(65)61-37-35-55(45-69(61)73)76(51-19-7-5-8-20-51)53-33-31-47-41-63-64-42-48-32-34-54(77(52-21-9-6-10-22-52)56-36-38-62-58-24-12-16-28-66(58)74(3,4)70(62)46-56)40-50(48)44-72(64)75(71(63)43-49(47)39-53)67-29-17-13-25-59(67)60-26-14-18-30-68(60)75/h5-46H,1-4H3. The summed E-state index contributed by atoms with van der Waals surface area (Å²) in [6, 6.07) is 96.4. The van der Waals surface area contributed by atoms with Gasteiger partial charge in [-0.05, 0) is 208 Å². The fourth-order valence-electron chi connectivity index (χ4n) is 14.6. The van der Waals surface area contributed by atoms with Crippen molar-refractivity contribution in [3.05, 3.63) is 299 Å². The van der Waals surface area contributed by atoms with E-state index in [1.165, 1.54) is 111 Å². The maximum absolute atomic E-state index is 2.54. The number of hydrogen-bond donors (Lipinski definition) is 0. The van der Waals surface area contributed by atoms with E-state index in [1.54, 1.807) is 0 Å². The van der Waals surface area contributed by atoms with Gasteiger partial charge < -0.3 is 9.80 Å². The molecular formula is C75H54N2. The molecule has 364 valence electrons. The number of nitrogens with zero attached hydrogens (tertiary/aromatic N) is 2. The Morgan fingerprint density at radius 2 is 0.532 bits per heavy atom. The van der Waals surface area contributed by atoms with Gasteiger partial charge in [-0.1, -0.05) is 185 Å². The van der Waals surface area contributed by atoms with Gasteiger partial charge in [-0.2, -0.15) is 0 Å². The largest absolute Gasteiger partial charge is 0.310 e. The topological polar surface area (TPSA) is 6.48 Å². The maximum atomic E-state index is 2.54. The Morgan fingerprint density at radius 3 is 0.948 bits per heavy atom. The van der Waals surface area contributed by atoms with E-state index in [4.69, 9.17) is 0 Å². The zero-order chi connectivity index (χ0) is 51.4. The lowest BCUT2D eigenvalue weighted by molar-refractivity contribution is 0.660. The molecule has 0 N–H and O–H groups in total. The highest BCUT2D eigenvalue weighted by Gasteiger charge is 2.52. The first-order valence-corrected chi connectivity index (χ1v) is 27.2. The second-order valence-electron chi connectivity index (χ2n) is 22.8. The van der Waals surface area contributed by atoms with Crippen molar-refractivity contribution in [3.8, 4) is 44.5 Å². The fraction of sp³-hybridized carbons (Fsp3) is 0.0933. The Kier molecular flexibility index (Phi) is 9.10. The highest BCUT2D eigenvalue weighted by molar-refractivity contribution is 6.05. The third kappa shape index (κ3) is 6.07. The van der Waals surface area contributed by atoms with Gasteiger partial charge in [-0.15, -0.1) is 0 Å². The molecule has 16 rings (SSSR count). The second kappa shape index (κ2) is 15.9. The molecule has 12 aromatic rings. The number of anilines is 6. The van der Waals surface area contributed by atoms with Gasteiger partial charge in [0.1, 0.15) is 0 Å². The van der Waals surface area contributed by atoms with E-state index >= 15 is 0 Å². The molecule has 0 fully saturated rings. The minimum absolute atomic E-state index is 0.119. The van der Waals surface area contributed by atoms with Crippen LogP contribution in [0.2, 0.25) is 0 Å². The van der Waals surface area contributed by atoms with Crippen molar-refractivity contribution in [3.63, 3.8) is 0 Å². The van der Waals surface area contributed by atoms with Crippen molar-refractivity contribution >= 4 is 55.7 Å². The van der Waals surface area contributed by atoms with Gasteiger partial charge in [0.25, 0.3) is 0 Å². The molecule has 0 saturated carbocycles. The summed E-state index contributed by atoms with van der Waals surface area (Å²) in [5.74, 6) is 0. The monoisotopic (exact) mass is 982 g/mol. The van der Waals surface area contributed by atoms with Crippen LogP contribution < -0.4 is 9.80 Å². The average Bonchev–Trinajstić information content (AvgIpc) is 4.31. The van der Waals surface area contributed by atoms with Gasteiger partial charge in [-0.25, -0.2) is 0 Å². The molecule has 0 unspecified atom stereocenters. The minimum Gasteiger partial charge on any atom is -0.310 e. The van der Waals surface area contributed by atoms with Crippen molar-refractivity contribution in [2.75, 3.05) is 9.80 Å². The lowest BCUT2D eigenvalue weighted by Gasteiger charge is -2.31. The summed E-state index contributed by atoms with van der Waals surface area (Å²) < 4.78 is 0. The molecule has 2 heteroatoms. The smallest absolute Gasteiger partial charge is 0.0725 e. The van der Waals surface area contributed by atoms with Crippen molar-refractivity contribution in [2.45, 2.75) is 43.9 Å². The first kappa shape index (κ1) is 44.1. The van der Waals surface area contributed by atoms with Gasteiger partial charge in [0.15, 0.2) is 0 Å². The Labute approximate surface area is 450 Å². The Balaban J connectivity index is 0.882. The highest BCUT2D eigenvalue weighted by Crippen LogP contribution is 2.64. The van der Waals surface area contributed by atoms with Crippen molar-refractivity contribution in [2.24, 2.45) is 0 Å². The van der Waals surface area contributed by atoms with Crippen LogP contribution in [-0.2, 0) is 16.2 Å².